The zero-order valence-corrected chi connectivity index (χ0v) is 12.3. The number of carboxylic acids is 1. The van der Waals surface area contributed by atoms with Crippen LogP contribution in [0.5, 0.6) is 0 Å². The van der Waals surface area contributed by atoms with Gasteiger partial charge in [-0.15, -0.1) is 0 Å². The number of rotatable bonds is 5. The highest BCUT2D eigenvalue weighted by Crippen LogP contribution is 2.22. The molecule has 2 atom stereocenters. The van der Waals surface area contributed by atoms with Crippen molar-refractivity contribution in [2.45, 2.75) is 18.6 Å². The van der Waals surface area contributed by atoms with Crippen LogP contribution in [0.15, 0.2) is 24.3 Å². The number of ether oxygens (including phenoxy) is 1. The Balaban J connectivity index is 2.20. The Morgan fingerprint density at radius 2 is 2.29 bits per heavy atom. The molecule has 1 amide bonds. The van der Waals surface area contributed by atoms with Crippen LogP contribution in [-0.2, 0) is 14.3 Å². The monoisotopic (exact) mass is 312 g/mol. The second kappa shape index (κ2) is 6.89. The summed E-state index contributed by atoms with van der Waals surface area (Å²) in [4.78, 5) is 24.8. The number of carbonyl (C=O) groups excluding carboxylic acids is 1. The Labute approximate surface area is 127 Å². The minimum atomic E-state index is -1.08. The summed E-state index contributed by atoms with van der Waals surface area (Å²) in [5.41, 5.74) is 0.470. The zero-order valence-electron chi connectivity index (χ0n) is 11.6. The van der Waals surface area contributed by atoms with Crippen molar-refractivity contribution in [3.63, 3.8) is 0 Å². The van der Waals surface area contributed by atoms with Crippen LogP contribution in [0.4, 0.5) is 5.69 Å². The summed E-state index contributed by atoms with van der Waals surface area (Å²) < 4.78 is 5.21. The number of halogens is 1. The minimum absolute atomic E-state index is 0.0370. The van der Waals surface area contributed by atoms with Gasteiger partial charge in [-0.1, -0.05) is 17.7 Å². The number of carbonyl (C=O) groups is 2. The summed E-state index contributed by atoms with van der Waals surface area (Å²) in [7, 11) is 1.59. The van der Waals surface area contributed by atoms with Crippen molar-refractivity contribution in [1.29, 1.82) is 0 Å². The third kappa shape index (κ3) is 3.93. The fraction of sp³-hybridized carbons (Fsp3) is 0.429. The number of nitrogens with zero attached hydrogens (tertiary/aromatic N) is 1. The molecule has 1 saturated heterocycles. The molecule has 1 aromatic rings. The second-order valence-corrected chi connectivity index (χ2v) is 5.29. The molecule has 1 aromatic carbocycles. The van der Waals surface area contributed by atoms with Crippen molar-refractivity contribution in [2.75, 3.05) is 25.1 Å². The van der Waals surface area contributed by atoms with E-state index in [1.807, 2.05) is 0 Å². The quantitative estimate of drug-likeness (QED) is 0.852. The largest absolute Gasteiger partial charge is 0.480 e. The molecule has 1 aliphatic rings. The summed E-state index contributed by atoms with van der Waals surface area (Å²) in [6.45, 7) is 0.165. The van der Waals surface area contributed by atoms with Gasteiger partial charge in [-0.3, -0.25) is 14.5 Å². The number of benzene rings is 1. The lowest BCUT2D eigenvalue weighted by Gasteiger charge is -2.24. The van der Waals surface area contributed by atoms with Crippen LogP contribution in [0.2, 0.25) is 5.02 Å². The van der Waals surface area contributed by atoms with E-state index in [1.54, 1.807) is 31.4 Å². The molecule has 0 bridgehead atoms. The van der Waals surface area contributed by atoms with E-state index in [4.69, 9.17) is 21.4 Å². The summed E-state index contributed by atoms with van der Waals surface area (Å²) in [5.74, 6) is -1.37. The van der Waals surface area contributed by atoms with Crippen molar-refractivity contribution < 1.29 is 19.4 Å². The second-order valence-electron chi connectivity index (χ2n) is 4.85. The third-order valence-corrected chi connectivity index (χ3v) is 3.64. The van der Waals surface area contributed by atoms with E-state index in [2.05, 4.69) is 5.32 Å². The Kier molecular flexibility index (Phi) is 5.17. The van der Waals surface area contributed by atoms with E-state index in [0.717, 1.165) is 0 Å². The molecule has 0 aliphatic carbocycles. The van der Waals surface area contributed by atoms with Gasteiger partial charge in [0.15, 0.2) is 0 Å². The molecule has 0 spiro atoms. The molecule has 0 aromatic heterocycles. The van der Waals surface area contributed by atoms with E-state index in [9.17, 15) is 9.59 Å². The maximum Gasteiger partial charge on any atom is 0.323 e. The normalized spacial score (nSPS) is 21.2. The molecule has 7 heteroatoms. The van der Waals surface area contributed by atoms with Crippen molar-refractivity contribution in [3.8, 4) is 0 Å². The number of aliphatic carboxylic acids is 1. The molecule has 2 N–H and O–H groups in total. The third-order valence-electron chi connectivity index (χ3n) is 3.40. The lowest BCUT2D eigenvalue weighted by molar-refractivity contribution is -0.136. The van der Waals surface area contributed by atoms with Gasteiger partial charge in [-0.2, -0.15) is 0 Å². The Bertz CT molecular complexity index is 537. The Hall–Kier alpha value is -1.63. The summed E-state index contributed by atoms with van der Waals surface area (Å²) in [6.07, 6.45) is 0.483. The van der Waals surface area contributed by atoms with Crippen molar-refractivity contribution in [1.82, 2.24) is 5.32 Å². The maximum atomic E-state index is 12.6. The standard InChI is InChI=1S/C14H17ClN2O4/c1-21-11-6-12(16-7-11)14(20)17(8-13(18)19)10-4-2-3-9(15)5-10/h2-5,11-12,16H,6-8H2,1H3,(H,18,19). The predicted molar refractivity (Wildman–Crippen MR) is 78.6 cm³/mol. The van der Waals surface area contributed by atoms with Crippen LogP contribution >= 0.6 is 11.6 Å². The van der Waals surface area contributed by atoms with E-state index in [1.165, 1.54) is 4.90 Å². The highest BCUT2D eigenvalue weighted by molar-refractivity contribution is 6.31. The topological polar surface area (TPSA) is 78.9 Å². The maximum absolute atomic E-state index is 12.6. The van der Waals surface area contributed by atoms with Crippen molar-refractivity contribution >= 4 is 29.2 Å². The molecular weight excluding hydrogens is 296 g/mol. The molecule has 1 aliphatic heterocycles. The number of carboxylic acid groups (broad SMARTS) is 1. The summed E-state index contributed by atoms with van der Waals surface area (Å²) >= 11 is 5.91. The van der Waals surface area contributed by atoms with Crippen LogP contribution in [0.1, 0.15) is 6.42 Å². The number of nitrogens with one attached hydrogen (secondary N) is 1. The van der Waals surface area contributed by atoms with Gasteiger partial charge >= 0.3 is 5.97 Å². The van der Waals surface area contributed by atoms with Crippen LogP contribution in [0.25, 0.3) is 0 Å². The number of amides is 1. The first-order valence-corrected chi connectivity index (χ1v) is 6.94. The first-order chi connectivity index (χ1) is 10.0. The number of hydrogen-bond acceptors (Lipinski definition) is 4. The Morgan fingerprint density at radius 3 is 2.86 bits per heavy atom. The average molecular weight is 313 g/mol. The zero-order chi connectivity index (χ0) is 15.4. The van der Waals surface area contributed by atoms with Gasteiger partial charge in [0, 0.05) is 24.4 Å². The molecule has 1 fully saturated rings. The predicted octanol–water partition coefficient (Wildman–Crippen LogP) is 1.13. The molecule has 2 unspecified atom stereocenters. The van der Waals surface area contributed by atoms with Crippen LogP contribution < -0.4 is 10.2 Å². The molecule has 0 saturated carbocycles. The highest BCUT2D eigenvalue weighted by Gasteiger charge is 2.33. The number of hydrogen-bond donors (Lipinski definition) is 2. The molecular formula is C14H17ClN2O4. The molecule has 6 nitrogen and oxygen atoms in total. The van der Waals surface area contributed by atoms with Gasteiger partial charge < -0.3 is 15.2 Å². The first kappa shape index (κ1) is 15.8. The lowest BCUT2D eigenvalue weighted by atomic mass is 10.1. The first-order valence-electron chi connectivity index (χ1n) is 6.56. The molecule has 0 radical (unpaired) electrons. The van der Waals surface area contributed by atoms with Gasteiger partial charge in [0.2, 0.25) is 5.91 Å². The van der Waals surface area contributed by atoms with Gasteiger partial charge in [0.25, 0.3) is 0 Å². The number of methoxy groups -OCH3 is 1. The van der Waals surface area contributed by atoms with Gasteiger partial charge in [-0.05, 0) is 24.6 Å². The van der Waals surface area contributed by atoms with Crippen LogP contribution in [0, 0.1) is 0 Å². The summed E-state index contributed by atoms with van der Waals surface area (Å²) in [5, 5.41) is 12.5. The lowest BCUT2D eigenvalue weighted by Crippen LogP contribution is -2.46. The van der Waals surface area contributed by atoms with Crippen LogP contribution in [0.3, 0.4) is 0 Å². The van der Waals surface area contributed by atoms with Gasteiger partial charge in [-0.25, -0.2) is 0 Å². The molecule has 1 heterocycles. The van der Waals surface area contributed by atoms with Crippen molar-refractivity contribution in [3.05, 3.63) is 29.3 Å². The molecule has 114 valence electrons. The van der Waals surface area contributed by atoms with E-state index in [0.29, 0.717) is 23.7 Å². The highest BCUT2D eigenvalue weighted by atomic mass is 35.5. The Morgan fingerprint density at radius 1 is 1.52 bits per heavy atom. The number of anilines is 1. The van der Waals surface area contributed by atoms with Gasteiger partial charge in [0.1, 0.15) is 6.54 Å². The van der Waals surface area contributed by atoms with E-state index >= 15 is 0 Å². The van der Waals surface area contributed by atoms with Crippen molar-refractivity contribution in [2.24, 2.45) is 0 Å². The summed E-state index contributed by atoms with van der Waals surface area (Å²) in [6, 6.07) is 6.14. The minimum Gasteiger partial charge on any atom is -0.480 e. The van der Waals surface area contributed by atoms with Crippen LogP contribution in [-0.4, -0.2) is 49.3 Å². The van der Waals surface area contributed by atoms with E-state index in [-0.39, 0.29) is 12.0 Å². The fourth-order valence-electron chi connectivity index (χ4n) is 2.33. The fourth-order valence-corrected chi connectivity index (χ4v) is 2.52. The molecule has 21 heavy (non-hydrogen) atoms. The smallest absolute Gasteiger partial charge is 0.323 e. The molecule has 2 rings (SSSR count). The average Bonchev–Trinajstić information content (AvgIpc) is 2.92. The SMILES string of the molecule is COC1CNC(C(=O)N(CC(=O)O)c2cccc(Cl)c2)C1. The van der Waals surface area contributed by atoms with Gasteiger partial charge in [0.05, 0.1) is 12.1 Å². The van der Waals surface area contributed by atoms with E-state index < -0.39 is 18.6 Å².